The van der Waals surface area contributed by atoms with Gasteiger partial charge in [-0.1, -0.05) is 18.2 Å². The van der Waals surface area contributed by atoms with Crippen molar-refractivity contribution in [2.75, 3.05) is 23.8 Å². The van der Waals surface area contributed by atoms with Crippen molar-refractivity contribution in [1.29, 1.82) is 0 Å². The van der Waals surface area contributed by atoms with Gasteiger partial charge >= 0.3 is 12.2 Å². The number of amides is 2. The number of rotatable bonds is 5. The van der Waals surface area contributed by atoms with E-state index in [1.54, 1.807) is 13.8 Å². The summed E-state index contributed by atoms with van der Waals surface area (Å²) in [5, 5.41) is 8.78. The minimum absolute atomic E-state index is 0. The highest BCUT2D eigenvalue weighted by atomic mass is 35.5. The lowest BCUT2D eigenvalue weighted by atomic mass is 9.99. The number of hydrogen-bond donors (Lipinski definition) is 2. The molecule has 2 amide bonds. The van der Waals surface area contributed by atoms with Crippen molar-refractivity contribution in [3.8, 4) is 11.3 Å². The van der Waals surface area contributed by atoms with Gasteiger partial charge in [0, 0.05) is 22.7 Å². The summed E-state index contributed by atoms with van der Waals surface area (Å²) in [6.07, 6.45) is -0.959. The van der Waals surface area contributed by atoms with Gasteiger partial charge in [0.15, 0.2) is 0 Å². The second-order valence-electron chi connectivity index (χ2n) is 7.45. The van der Waals surface area contributed by atoms with Crippen LogP contribution in [-0.4, -0.2) is 25.4 Å². The van der Waals surface area contributed by atoms with Crippen LogP contribution in [0.4, 0.5) is 21.0 Å². The molecule has 0 saturated carbocycles. The first-order valence-electron chi connectivity index (χ1n) is 10.8. The maximum Gasteiger partial charge on any atom is 0.411 e. The molecule has 34 heavy (non-hydrogen) atoms. The number of aromatic nitrogens is 1. The SMILES string of the molecule is CCOC(=O)Nc1ccc(-c2c3ccccc3c3ccc(NC(=O)OCC)cc3[n+]2C)cc1.[Cl-]. The Kier molecular flexibility index (Phi) is 7.91. The second-order valence-corrected chi connectivity index (χ2v) is 7.45. The van der Waals surface area contributed by atoms with Crippen molar-refractivity contribution in [3.05, 3.63) is 66.7 Å². The molecule has 4 aromatic rings. The lowest BCUT2D eigenvalue weighted by molar-refractivity contribution is -0.632. The molecule has 0 unspecified atom stereocenters. The van der Waals surface area contributed by atoms with Crippen LogP contribution in [0.5, 0.6) is 0 Å². The standard InChI is InChI=1S/C26H25N3O4.ClH/c1-4-32-25(30)27-18-12-10-17(11-13-18)24-22-9-7-6-8-20(22)21-15-14-19(16-23(21)29(24)3)28-26(31)33-5-2;/h6-16H,4-5H2,1-3H3,(H,27,28,30,31);1H. The van der Waals surface area contributed by atoms with Crippen LogP contribution >= 0.6 is 0 Å². The Labute approximate surface area is 204 Å². The van der Waals surface area contributed by atoms with Crippen LogP contribution in [0.15, 0.2) is 66.7 Å². The first-order chi connectivity index (χ1) is 16.0. The van der Waals surface area contributed by atoms with Gasteiger partial charge in [0.1, 0.15) is 7.05 Å². The average molecular weight is 480 g/mol. The molecule has 4 rings (SSSR count). The Hall–Kier alpha value is -3.84. The summed E-state index contributed by atoms with van der Waals surface area (Å²) in [5.41, 5.74) is 4.30. The van der Waals surface area contributed by atoms with Crippen molar-refractivity contribution in [2.24, 2.45) is 7.05 Å². The zero-order valence-electron chi connectivity index (χ0n) is 19.2. The molecule has 0 bridgehead atoms. The molecule has 0 aliphatic carbocycles. The minimum Gasteiger partial charge on any atom is -1.00 e. The van der Waals surface area contributed by atoms with E-state index in [-0.39, 0.29) is 12.4 Å². The smallest absolute Gasteiger partial charge is 0.411 e. The molecule has 1 heterocycles. The van der Waals surface area contributed by atoms with E-state index in [0.29, 0.717) is 24.6 Å². The number of halogens is 1. The Bertz CT molecular complexity index is 1340. The third-order valence-corrected chi connectivity index (χ3v) is 5.37. The predicted molar refractivity (Wildman–Crippen MR) is 129 cm³/mol. The molecule has 1 aromatic heterocycles. The highest BCUT2D eigenvalue weighted by molar-refractivity contribution is 6.09. The summed E-state index contributed by atoms with van der Waals surface area (Å²) in [5.74, 6) is 0. The highest BCUT2D eigenvalue weighted by Crippen LogP contribution is 2.32. The number of carbonyl (C=O) groups is 2. The van der Waals surface area contributed by atoms with Gasteiger partial charge in [-0.25, -0.2) is 9.59 Å². The number of hydrogen-bond acceptors (Lipinski definition) is 4. The topological polar surface area (TPSA) is 80.5 Å². The highest BCUT2D eigenvalue weighted by Gasteiger charge is 2.21. The minimum atomic E-state index is -0.481. The zero-order valence-corrected chi connectivity index (χ0v) is 20.0. The molecule has 0 saturated heterocycles. The zero-order chi connectivity index (χ0) is 23.4. The number of fused-ring (bicyclic) bond motifs is 3. The molecular formula is C26H26ClN3O4. The van der Waals surface area contributed by atoms with E-state index in [0.717, 1.165) is 32.9 Å². The Morgan fingerprint density at radius 3 is 1.94 bits per heavy atom. The van der Waals surface area contributed by atoms with Gasteiger partial charge in [-0.15, -0.1) is 0 Å². The van der Waals surface area contributed by atoms with E-state index in [1.807, 2.05) is 61.6 Å². The summed E-state index contributed by atoms with van der Waals surface area (Å²) in [4.78, 5) is 23.6. The number of ether oxygens (including phenoxy) is 2. The maximum absolute atomic E-state index is 11.9. The van der Waals surface area contributed by atoms with E-state index in [4.69, 9.17) is 9.47 Å². The van der Waals surface area contributed by atoms with Crippen molar-refractivity contribution in [2.45, 2.75) is 13.8 Å². The molecule has 0 spiro atoms. The van der Waals surface area contributed by atoms with Crippen molar-refractivity contribution < 1.29 is 36.0 Å². The summed E-state index contributed by atoms with van der Waals surface area (Å²) in [7, 11) is 2.00. The van der Waals surface area contributed by atoms with Crippen LogP contribution in [0.3, 0.4) is 0 Å². The molecular weight excluding hydrogens is 454 g/mol. The van der Waals surface area contributed by atoms with Crippen molar-refractivity contribution >= 4 is 45.2 Å². The van der Waals surface area contributed by atoms with Gasteiger partial charge in [0.2, 0.25) is 11.2 Å². The molecule has 3 aromatic carbocycles. The molecule has 2 N–H and O–H groups in total. The first kappa shape index (κ1) is 24.8. The lowest BCUT2D eigenvalue weighted by Gasteiger charge is -2.12. The van der Waals surface area contributed by atoms with Gasteiger partial charge in [-0.2, -0.15) is 4.57 Å². The Morgan fingerprint density at radius 2 is 1.32 bits per heavy atom. The van der Waals surface area contributed by atoms with Crippen molar-refractivity contribution in [3.63, 3.8) is 0 Å². The van der Waals surface area contributed by atoms with Gasteiger partial charge in [0.05, 0.1) is 29.7 Å². The fourth-order valence-electron chi connectivity index (χ4n) is 3.97. The summed E-state index contributed by atoms with van der Waals surface area (Å²) in [6, 6.07) is 21.7. The van der Waals surface area contributed by atoms with Crippen molar-refractivity contribution in [1.82, 2.24) is 0 Å². The largest absolute Gasteiger partial charge is 1.00 e. The number of aryl methyl sites for hydroxylation is 1. The van der Waals surface area contributed by atoms with Crippen LogP contribution in [0, 0.1) is 0 Å². The second kappa shape index (κ2) is 10.9. The van der Waals surface area contributed by atoms with Gasteiger partial charge < -0.3 is 21.9 Å². The number of benzene rings is 3. The fraction of sp³-hybridized carbons (Fsp3) is 0.192. The van der Waals surface area contributed by atoms with Crippen LogP contribution < -0.4 is 27.6 Å². The van der Waals surface area contributed by atoms with E-state index in [2.05, 4.69) is 27.3 Å². The van der Waals surface area contributed by atoms with Crippen LogP contribution in [0.1, 0.15) is 13.8 Å². The summed E-state index contributed by atoms with van der Waals surface area (Å²) >= 11 is 0. The van der Waals surface area contributed by atoms with E-state index in [1.165, 1.54) is 0 Å². The summed E-state index contributed by atoms with van der Waals surface area (Å²) < 4.78 is 12.1. The number of nitrogens with one attached hydrogen (secondary N) is 2. The maximum atomic E-state index is 11.9. The third-order valence-electron chi connectivity index (χ3n) is 5.37. The molecule has 8 heteroatoms. The average Bonchev–Trinajstić information content (AvgIpc) is 2.81. The molecule has 0 radical (unpaired) electrons. The van der Waals surface area contributed by atoms with Crippen LogP contribution in [0.2, 0.25) is 0 Å². The van der Waals surface area contributed by atoms with Gasteiger partial charge in [0.25, 0.3) is 0 Å². The van der Waals surface area contributed by atoms with Crippen LogP contribution in [0.25, 0.3) is 32.9 Å². The third kappa shape index (κ3) is 5.05. The molecule has 0 aliphatic rings. The molecule has 176 valence electrons. The molecule has 0 aliphatic heterocycles. The van der Waals surface area contributed by atoms with E-state index < -0.39 is 12.2 Å². The quantitative estimate of drug-likeness (QED) is 0.340. The van der Waals surface area contributed by atoms with Gasteiger partial charge in [-0.05, 0) is 56.3 Å². The predicted octanol–water partition coefficient (Wildman–Crippen LogP) is 2.63. The normalized spacial score (nSPS) is 10.4. The number of nitrogens with zero attached hydrogens (tertiary/aromatic N) is 1. The lowest BCUT2D eigenvalue weighted by Crippen LogP contribution is -3.00. The molecule has 0 atom stereocenters. The number of carbonyl (C=O) groups excluding carboxylic acids is 2. The number of anilines is 2. The monoisotopic (exact) mass is 479 g/mol. The number of pyridine rings is 1. The molecule has 0 fully saturated rings. The first-order valence-corrected chi connectivity index (χ1v) is 10.8. The Balaban J connectivity index is 0.00000324. The molecule has 7 nitrogen and oxygen atoms in total. The van der Waals surface area contributed by atoms with Gasteiger partial charge in [-0.3, -0.25) is 10.6 Å². The summed E-state index contributed by atoms with van der Waals surface area (Å²) in [6.45, 7) is 4.16. The van der Waals surface area contributed by atoms with E-state index >= 15 is 0 Å². The Morgan fingerprint density at radius 1 is 0.765 bits per heavy atom. The van der Waals surface area contributed by atoms with E-state index in [9.17, 15) is 9.59 Å². The van der Waals surface area contributed by atoms with Crippen LogP contribution in [-0.2, 0) is 16.5 Å². The fourth-order valence-corrected chi connectivity index (χ4v) is 3.97.